The van der Waals surface area contributed by atoms with Gasteiger partial charge >= 0.3 is 0 Å². The number of hydrogen-bond acceptors (Lipinski definition) is 0. The van der Waals surface area contributed by atoms with Crippen molar-refractivity contribution < 1.29 is 0 Å². The summed E-state index contributed by atoms with van der Waals surface area (Å²) < 4.78 is 0. The van der Waals surface area contributed by atoms with Crippen LogP contribution in [0.15, 0.2) is 17.7 Å². The molecular weight excluding hydrogens is 84.1 g/mol. The van der Waals surface area contributed by atoms with Crippen molar-refractivity contribution >= 4 is 0 Å². The summed E-state index contributed by atoms with van der Waals surface area (Å²) in [6.45, 7) is 2.02. The van der Waals surface area contributed by atoms with Gasteiger partial charge in [0.2, 0.25) is 0 Å². The average Bonchev–Trinajstić information content (AvgIpc) is 1.69. The summed E-state index contributed by atoms with van der Waals surface area (Å²) in [7, 11) is 0. The third kappa shape index (κ3) is 1.19. The Labute approximate surface area is 44.5 Å². The van der Waals surface area contributed by atoms with Gasteiger partial charge in [0.1, 0.15) is 0 Å². The minimum Gasteiger partial charge on any atom is -0.0755 e. The van der Waals surface area contributed by atoms with E-state index < -0.39 is 0 Å². The highest BCUT2D eigenvalue weighted by Crippen LogP contribution is 2.04. The molecule has 0 aromatic rings. The lowest BCUT2D eigenvalue weighted by Crippen LogP contribution is -1.78. The minimum absolute atomic E-state index is 0.928. The highest BCUT2D eigenvalue weighted by atomic mass is 13.9. The normalized spacial score (nSPS) is 19.3. The molecule has 0 atom stereocenters. The van der Waals surface area contributed by atoms with Crippen LogP contribution in [0.1, 0.15) is 13.3 Å². The van der Waals surface area contributed by atoms with Gasteiger partial charge in [0, 0.05) is 6.42 Å². The molecule has 1 aliphatic carbocycles. The van der Waals surface area contributed by atoms with E-state index in [0.717, 1.165) is 6.42 Å². The second-order valence-corrected chi connectivity index (χ2v) is 1.58. The Morgan fingerprint density at radius 2 is 2.57 bits per heavy atom. The van der Waals surface area contributed by atoms with Gasteiger partial charge in [-0.25, -0.2) is 0 Å². The first-order valence-corrected chi connectivity index (χ1v) is 2.38. The van der Waals surface area contributed by atoms with E-state index in [0.29, 0.717) is 0 Å². The Kier molecular flexibility index (Phi) is 1.30. The van der Waals surface area contributed by atoms with Crippen molar-refractivity contribution in [2.24, 2.45) is 0 Å². The van der Waals surface area contributed by atoms with Crippen LogP contribution < -0.4 is 0 Å². The molecular formula is C7H7. The lowest BCUT2D eigenvalue weighted by molar-refractivity contribution is 1.21. The predicted octanol–water partition coefficient (Wildman–Crippen LogP) is 1.78. The van der Waals surface area contributed by atoms with E-state index in [2.05, 4.69) is 12.5 Å². The molecule has 7 heavy (non-hydrogen) atoms. The minimum atomic E-state index is 0.928. The maximum Gasteiger partial charge on any atom is 0.0128 e. The Balaban J connectivity index is 2.58. The second kappa shape index (κ2) is 1.97. The van der Waals surface area contributed by atoms with Crippen LogP contribution in [-0.4, -0.2) is 0 Å². The molecule has 0 heterocycles. The first-order valence-electron chi connectivity index (χ1n) is 2.38. The van der Waals surface area contributed by atoms with Gasteiger partial charge in [0.05, 0.1) is 0 Å². The van der Waals surface area contributed by atoms with Crippen molar-refractivity contribution in [1.82, 2.24) is 0 Å². The van der Waals surface area contributed by atoms with Crippen LogP contribution in [0.3, 0.4) is 0 Å². The monoisotopic (exact) mass is 91.1 g/mol. The van der Waals surface area contributed by atoms with Crippen LogP contribution in [0.5, 0.6) is 0 Å². The summed E-state index contributed by atoms with van der Waals surface area (Å²) in [5, 5.41) is 0. The van der Waals surface area contributed by atoms with E-state index in [-0.39, 0.29) is 0 Å². The molecule has 0 amide bonds. The van der Waals surface area contributed by atoms with Gasteiger partial charge in [-0.2, -0.15) is 0 Å². The molecule has 3 radical (unpaired) electrons. The van der Waals surface area contributed by atoms with E-state index in [9.17, 15) is 0 Å². The maximum atomic E-state index is 3.06. The maximum absolute atomic E-state index is 3.06. The zero-order valence-electron chi connectivity index (χ0n) is 4.36. The fourth-order valence-electron chi connectivity index (χ4n) is 0.525. The molecule has 0 saturated heterocycles. The molecule has 0 aromatic heterocycles. The number of rotatable bonds is 0. The van der Waals surface area contributed by atoms with Crippen molar-refractivity contribution in [3.63, 3.8) is 0 Å². The smallest absolute Gasteiger partial charge is 0.0128 e. The van der Waals surface area contributed by atoms with Crippen molar-refractivity contribution in [1.29, 1.82) is 0 Å². The van der Waals surface area contributed by atoms with Gasteiger partial charge in [-0.05, 0) is 25.0 Å². The van der Waals surface area contributed by atoms with Crippen molar-refractivity contribution in [2.75, 3.05) is 0 Å². The molecule has 0 N–H and O–H groups in total. The van der Waals surface area contributed by atoms with Gasteiger partial charge in [-0.1, -0.05) is 12.2 Å². The highest BCUT2D eigenvalue weighted by Gasteiger charge is 1.88. The summed E-state index contributed by atoms with van der Waals surface area (Å²) in [5.74, 6) is 0. The Morgan fingerprint density at radius 1 is 1.71 bits per heavy atom. The van der Waals surface area contributed by atoms with Crippen LogP contribution in [0.4, 0.5) is 0 Å². The molecule has 1 rings (SSSR count). The lowest BCUT2D eigenvalue weighted by Gasteiger charge is -1.94. The Hall–Kier alpha value is -0.520. The number of hydrogen-bond donors (Lipinski definition) is 0. The lowest BCUT2D eigenvalue weighted by atomic mass is 10.1. The molecule has 0 unspecified atom stereocenters. The topological polar surface area (TPSA) is 0 Å². The van der Waals surface area contributed by atoms with Crippen molar-refractivity contribution in [3.05, 3.63) is 30.2 Å². The van der Waals surface area contributed by atoms with Crippen molar-refractivity contribution in [2.45, 2.75) is 13.3 Å². The summed E-state index contributed by atoms with van der Waals surface area (Å²) in [4.78, 5) is 0. The zero-order chi connectivity index (χ0) is 5.11. The van der Waals surface area contributed by atoms with Gasteiger partial charge in [0.15, 0.2) is 0 Å². The predicted molar refractivity (Wildman–Crippen MR) is 29.4 cm³/mol. The molecule has 0 saturated carbocycles. The zero-order valence-corrected chi connectivity index (χ0v) is 4.36. The molecule has 0 fully saturated rings. The van der Waals surface area contributed by atoms with Crippen molar-refractivity contribution in [3.8, 4) is 0 Å². The van der Waals surface area contributed by atoms with Crippen LogP contribution in [0, 0.1) is 12.5 Å². The highest BCUT2D eigenvalue weighted by molar-refractivity contribution is 5.19. The van der Waals surface area contributed by atoms with Crippen LogP contribution >= 0.6 is 0 Å². The SMILES string of the molecule is CC1=C[C]CC=[C]1. The van der Waals surface area contributed by atoms with E-state index in [4.69, 9.17) is 0 Å². The molecule has 35 valence electrons. The molecule has 1 aliphatic rings. The Morgan fingerprint density at radius 3 is 2.86 bits per heavy atom. The molecule has 0 aliphatic heterocycles. The van der Waals surface area contributed by atoms with Gasteiger partial charge in [0.25, 0.3) is 0 Å². The third-order valence-electron chi connectivity index (χ3n) is 0.868. The van der Waals surface area contributed by atoms with Crippen LogP contribution in [0.2, 0.25) is 0 Å². The average molecular weight is 91.1 g/mol. The molecule has 0 bridgehead atoms. The Bertz CT molecular complexity index is 107. The van der Waals surface area contributed by atoms with Gasteiger partial charge < -0.3 is 0 Å². The summed E-state index contributed by atoms with van der Waals surface area (Å²) in [5.41, 5.74) is 1.17. The first-order chi connectivity index (χ1) is 3.39. The van der Waals surface area contributed by atoms with Gasteiger partial charge in [-0.15, -0.1) is 0 Å². The molecule has 0 heteroatoms. The fourth-order valence-corrected chi connectivity index (χ4v) is 0.525. The molecule has 0 nitrogen and oxygen atoms in total. The van der Waals surface area contributed by atoms with E-state index >= 15 is 0 Å². The van der Waals surface area contributed by atoms with E-state index in [1.165, 1.54) is 5.57 Å². The summed E-state index contributed by atoms with van der Waals surface area (Å²) in [6.07, 6.45) is 11.0. The van der Waals surface area contributed by atoms with Crippen LogP contribution in [-0.2, 0) is 0 Å². The molecule has 0 aromatic carbocycles. The quantitative estimate of drug-likeness (QED) is 0.426. The largest absolute Gasteiger partial charge is 0.0755 e. The van der Waals surface area contributed by atoms with Gasteiger partial charge in [-0.3, -0.25) is 0 Å². The second-order valence-electron chi connectivity index (χ2n) is 1.58. The summed E-state index contributed by atoms with van der Waals surface area (Å²) >= 11 is 0. The third-order valence-corrected chi connectivity index (χ3v) is 0.868. The first kappa shape index (κ1) is 4.63. The molecule has 0 spiro atoms. The van der Waals surface area contributed by atoms with E-state index in [1.54, 1.807) is 0 Å². The summed E-state index contributed by atoms with van der Waals surface area (Å²) in [6, 6.07) is 0. The fraction of sp³-hybridized carbons (Fsp3) is 0.286. The standard InChI is InChI=1S/C7H7/c1-7-5-3-2-4-6-7/h3,6H,2H2,1H3. The number of allylic oxidation sites excluding steroid dienone is 4. The van der Waals surface area contributed by atoms with Crippen LogP contribution in [0.25, 0.3) is 0 Å². The van der Waals surface area contributed by atoms with E-state index in [1.807, 2.05) is 19.1 Å².